The van der Waals surface area contributed by atoms with Crippen molar-refractivity contribution in [3.05, 3.63) is 65.2 Å². The molecule has 1 fully saturated rings. The molecule has 1 amide bonds. The summed E-state index contributed by atoms with van der Waals surface area (Å²) in [5.41, 5.74) is 1.24. The highest BCUT2D eigenvalue weighted by molar-refractivity contribution is 7.89. The zero-order valence-electron chi connectivity index (χ0n) is 16.4. The van der Waals surface area contributed by atoms with Crippen LogP contribution < -0.4 is 5.32 Å². The molecule has 0 bridgehead atoms. The molecule has 2 aromatic carbocycles. The van der Waals surface area contributed by atoms with Crippen LogP contribution >= 0.6 is 11.6 Å². The molecule has 0 radical (unpaired) electrons. The molecule has 3 rings (SSSR count). The minimum absolute atomic E-state index is 0.0200. The fraction of sp³-hybridized carbons (Fsp3) is 0.381. The zero-order valence-corrected chi connectivity index (χ0v) is 18.0. The van der Waals surface area contributed by atoms with E-state index in [2.05, 4.69) is 22.3 Å². The van der Waals surface area contributed by atoms with Gasteiger partial charge in [-0.25, -0.2) is 8.42 Å². The zero-order chi connectivity index (χ0) is 20.9. The summed E-state index contributed by atoms with van der Waals surface area (Å²) in [5, 5.41) is 3.45. The van der Waals surface area contributed by atoms with Gasteiger partial charge in [-0.05, 0) is 49.2 Å². The third kappa shape index (κ3) is 6.02. The second kappa shape index (κ2) is 9.71. The van der Waals surface area contributed by atoms with Gasteiger partial charge in [-0.15, -0.1) is 0 Å². The van der Waals surface area contributed by atoms with Gasteiger partial charge in [0, 0.05) is 31.2 Å². The fourth-order valence-electron chi connectivity index (χ4n) is 3.51. The van der Waals surface area contributed by atoms with Gasteiger partial charge in [0.2, 0.25) is 15.9 Å². The summed E-state index contributed by atoms with van der Waals surface area (Å²) in [5.74, 6) is -0.295. The number of carbonyl (C=O) groups is 1. The molecule has 6 nitrogen and oxygen atoms in total. The van der Waals surface area contributed by atoms with Crippen LogP contribution in [0.5, 0.6) is 0 Å². The molecule has 1 heterocycles. The molecule has 0 aromatic heterocycles. The van der Waals surface area contributed by atoms with E-state index in [0.717, 1.165) is 36.8 Å². The van der Waals surface area contributed by atoms with E-state index in [0.29, 0.717) is 5.02 Å². The molecular formula is C21H26ClN3O3S. The van der Waals surface area contributed by atoms with E-state index in [4.69, 9.17) is 11.6 Å². The molecule has 1 aliphatic rings. The number of piperidine rings is 1. The molecule has 1 saturated heterocycles. The number of nitrogens with zero attached hydrogens (tertiary/aromatic N) is 2. The fourth-order valence-corrected chi connectivity index (χ4v) is 4.76. The van der Waals surface area contributed by atoms with Crippen molar-refractivity contribution in [2.24, 2.45) is 0 Å². The Morgan fingerprint density at radius 2 is 1.86 bits per heavy atom. The maximum absolute atomic E-state index is 12.6. The normalized spacial score (nSPS) is 18.0. The highest BCUT2D eigenvalue weighted by atomic mass is 35.5. The van der Waals surface area contributed by atoms with E-state index < -0.39 is 10.0 Å². The number of hydrogen-bond acceptors (Lipinski definition) is 4. The van der Waals surface area contributed by atoms with Crippen LogP contribution in [0.4, 0.5) is 0 Å². The Hall–Kier alpha value is -1.93. The first-order valence-electron chi connectivity index (χ1n) is 9.62. The summed E-state index contributed by atoms with van der Waals surface area (Å²) in [7, 11) is -2.33. The topological polar surface area (TPSA) is 69.7 Å². The summed E-state index contributed by atoms with van der Waals surface area (Å²) in [6.45, 7) is 2.37. The monoisotopic (exact) mass is 435 g/mol. The van der Waals surface area contributed by atoms with E-state index in [-0.39, 0.29) is 23.4 Å². The number of benzene rings is 2. The first kappa shape index (κ1) is 21.8. The average Bonchev–Trinajstić information content (AvgIpc) is 2.69. The lowest BCUT2D eigenvalue weighted by atomic mass is 10.0. The maximum Gasteiger partial charge on any atom is 0.243 e. The number of likely N-dealkylation sites (N-methyl/N-ethyl adjacent to an activating group) is 1. The molecule has 0 saturated carbocycles. The minimum atomic E-state index is -3.74. The van der Waals surface area contributed by atoms with Crippen LogP contribution in [0.2, 0.25) is 5.02 Å². The quantitative estimate of drug-likeness (QED) is 0.726. The van der Waals surface area contributed by atoms with Crippen molar-refractivity contribution in [1.29, 1.82) is 0 Å². The molecular weight excluding hydrogens is 410 g/mol. The summed E-state index contributed by atoms with van der Waals surface area (Å²) < 4.78 is 26.3. The van der Waals surface area contributed by atoms with Crippen molar-refractivity contribution in [3.63, 3.8) is 0 Å². The van der Waals surface area contributed by atoms with Crippen molar-refractivity contribution in [2.75, 3.05) is 26.7 Å². The van der Waals surface area contributed by atoms with Gasteiger partial charge >= 0.3 is 0 Å². The lowest BCUT2D eigenvalue weighted by Gasteiger charge is -2.33. The standard InChI is InChI=1S/C21H26ClN3O3S/c1-24(29(27,28)20-11-9-18(22)10-12-20)16-21(26)23-19-8-5-13-25(15-19)14-17-6-3-2-4-7-17/h2-4,6-7,9-12,19H,5,8,13-16H2,1H3,(H,23,26). The lowest BCUT2D eigenvalue weighted by molar-refractivity contribution is -0.122. The molecule has 0 spiro atoms. The van der Waals surface area contributed by atoms with Crippen LogP contribution in [0, 0.1) is 0 Å². The average molecular weight is 436 g/mol. The highest BCUT2D eigenvalue weighted by Gasteiger charge is 2.25. The molecule has 8 heteroatoms. The van der Waals surface area contributed by atoms with Crippen molar-refractivity contribution in [2.45, 2.75) is 30.3 Å². The molecule has 0 aliphatic carbocycles. The number of amides is 1. The number of sulfonamides is 1. The van der Waals surface area contributed by atoms with Crippen LogP contribution in [0.3, 0.4) is 0 Å². The Kier molecular flexibility index (Phi) is 7.29. The molecule has 156 valence electrons. The molecule has 2 aromatic rings. The van der Waals surface area contributed by atoms with Crippen LogP contribution in [-0.2, 0) is 21.4 Å². The summed E-state index contributed by atoms with van der Waals surface area (Å²) in [6.07, 6.45) is 1.89. The second-order valence-electron chi connectivity index (χ2n) is 7.34. The molecule has 1 unspecified atom stereocenters. The molecule has 1 N–H and O–H groups in total. The summed E-state index contributed by atoms with van der Waals surface area (Å²) >= 11 is 5.82. The van der Waals surface area contributed by atoms with Gasteiger partial charge in [-0.1, -0.05) is 41.9 Å². The Balaban J connectivity index is 1.53. The molecule has 1 atom stereocenters. The Labute approximate surface area is 177 Å². The van der Waals surface area contributed by atoms with Crippen molar-refractivity contribution >= 4 is 27.5 Å². The number of hydrogen-bond donors (Lipinski definition) is 1. The Bertz CT molecular complexity index is 920. The predicted molar refractivity (Wildman–Crippen MR) is 114 cm³/mol. The Morgan fingerprint density at radius 3 is 2.55 bits per heavy atom. The van der Waals surface area contributed by atoms with E-state index in [1.165, 1.54) is 36.9 Å². The van der Waals surface area contributed by atoms with Crippen LogP contribution in [0.25, 0.3) is 0 Å². The van der Waals surface area contributed by atoms with Gasteiger partial charge in [0.25, 0.3) is 0 Å². The predicted octanol–water partition coefficient (Wildman–Crippen LogP) is 2.74. The van der Waals surface area contributed by atoms with Gasteiger partial charge < -0.3 is 5.32 Å². The lowest BCUT2D eigenvalue weighted by Crippen LogP contribution is -2.49. The SMILES string of the molecule is CN(CC(=O)NC1CCCN(Cc2ccccc2)C1)S(=O)(=O)c1ccc(Cl)cc1. The van der Waals surface area contributed by atoms with Crippen LogP contribution in [-0.4, -0.2) is 56.3 Å². The number of nitrogens with one attached hydrogen (secondary N) is 1. The highest BCUT2D eigenvalue weighted by Crippen LogP contribution is 2.18. The first-order chi connectivity index (χ1) is 13.8. The molecule has 29 heavy (non-hydrogen) atoms. The number of rotatable bonds is 7. The molecule has 1 aliphatic heterocycles. The number of halogens is 1. The van der Waals surface area contributed by atoms with Gasteiger partial charge in [0.05, 0.1) is 11.4 Å². The van der Waals surface area contributed by atoms with E-state index in [1.54, 1.807) is 0 Å². The number of carbonyl (C=O) groups excluding carboxylic acids is 1. The largest absolute Gasteiger partial charge is 0.351 e. The van der Waals surface area contributed by atoms with Crippen LogP contribution in [0.15, 0.2) is 59.5 Å². The van der Waals surface area contributed by atoms with Gasteiger partial charge in [0.1, 0.15) is 0 Å². The number of likely N-dealkylation sites (tertiary alicyclic amines) is 1. The van der Waals surface area contributed by atoms with Crippen molar-refractivity contribution < 1.29 is 13.2 Å². The third-order valence-electron chi connectivity index (χ3n) is 5.01. The maximum atomic E-state index is 12.6. The van der Waals surface area contributed by atoms with E-state index in [1.807, 2.05) is 18.2 Å². The van der Waals surface area contributed by atoms with E-state index in [9.17, 15) is 13.2 Å². The van der Waals surface area contributed by atoms with E-state index >= 15 is 0 Å². The third-order valence-corrected chi connectivity index (χ3v) is 7.08. The Morgan fingerprint density at radius 1 is 1.17 bits per heavy atom. The summed E-state index contributed by atoms with van der Waals surface area (Å²) in [4.78, 5) is 14.9. The summed E-state index contributed by atoms with van der Waals surface area (Å²) in [6, 6.07) is 16.2. The second-order valence-corrected chi connectivity index (χ2v) is 9.82. The first-order valence-corrected chi connectivity index (χ1v) is 11.4. The van der Waals surface area contributed by atoms with Crippen LogP contribution in [0.1, 0.15) is 18.4 Å². The van der Waals surface area contributed by atoms with Gasteiger partial charge in [-0.3, -0.25) is 9.69 Å². The van der Waals surface area contributed by atoms with Gasteiger partial charge in [0.15, 0.2) is 0 Å². The minimum Gasteiger partial charge on any atom is -0.351 e. The smallest absolute Gasteiger partial charge is 0.243 e. The van der Waals surface area contributed by atoms with Crippen molar-refractivity contribution in [3.8, 4) is 0 Å². The van der Waals surface area contributed by atoms with Crippen molar-refractivity contribution in [1.82, 2.24) is 14.5 Å². The van der Waals surface area contributed by atoms with Gasteiger partial charge in [-0.2, -0.15) is 4.31 Å².